The molecule has 0 bridgehead atoms. The molecule has 1 amide bonds. The molecular formula is C27H32ClI3N2O5. The third kappa shape index (κ3) is 10.5. The fourth-order valence-electron chi connectivity index (χ4n) is 3.75. The zero-order valence-corrected chi connectivity index (χ0v) is 28.3. The second-order valence-corrected chi connectivity index (χ2v) is 12.7. The first-order valence-electron chi connectivity index (χ1n) is 12.3. The van der Waals surface area contributed by atoms with Crippen LogP contribution in [0.25, 0.3) is 0 Å². The minimum Gasteiger partial charge on any atom is -0.481 e. The highest BCUT2D eigenvalue weighted by atomic mass is 127. The van der Waals surface area contributed by atoms with E-state index in [-0.39, 0.29) is 18.3 Å². The molecule has 0 heterocycles. The van der Waals surface area contributed by atoms with Crippen molar-refractivity contribution in [3.63, 3.8) is 0 Å². The normalized spacial score (nSPS) is 13.5. The topological polar surface area (TPSA) is 119 Å². The number of carboxylic acid groups (broad SMARTS) is 1. The maximum absolute atomic E-state index is 13.1. The van der Waals surface area contributed by atoms with Gasteiger partial charge in [-0.05, 0) is 111 Å². The summed E-state index contributed by atoms with van der Waals surface area (Å²) in [6.45, 7) is 2.56. The number of amides is 1. The summed E-state index contributed by atoms with van der Waals surface area (Å²) >= 11 is 12.7. The van der Waals surface area contributed by atoms with Gasteiger partial charge in [-0.1, -0.05) is 43.7 Å². The first-order valence-corrected chi connectivity index (χ1v) is 16.0. The Bertz CT molecular complexity index is 1100. The average molecular weight is 881 g/mol. The Balaban J connectivity index is 1.78. The summed E-state index contributed by atoms with van der Waals surface area (Å²) in [4.78, 5) is 36.9. The third-order valence-corrected chi connectivity index (χ3v) is 9.49. The van der Waals surface area contributed by atoms with E-state index in [4.69, 9.17) is 22.1 Å². The number of rotatable bonds is 16. The van der Waals surface area contributed by atoms with Gasteiger partial charge >= 0.3 is 5.97 Å². The molecule has 0 aromatic heterocycles. The van der Waals surface area contributed by atoms with Crippen molar-refractivity contribution in [1.29, 1.82) is 0 Å². The lowest BCUT2D eigenvalue weighted by molar-refractivity contribution is -0.141. The molecule has 7 nitrogen and oxygen atoms in total. The number of ether oxygens (including phenoxy) is 1. The van der Waals surface area contributed by atoms with Gasteiger partial charge in [0.05, 0.1) is 12.5 Å². The van der Waals surface area contributed by atoms with Crippen LogP contribution in [0.1, 0.15) is 60.5 Å². The van der Waals surface area contributed by atoms with Gasteiger partial charge in [0.2, 0.25) is 5.91 Å². The molecule has 0 aliphatic carbocycles. The number of halogens is 4. The second kappa shape index (κ2) is 17.3. The molecule has 4 N–H and O–H groups in total. The van der Waals surface area contributed by atoms with E-state index in [0.29, 0.717) is 44.2 Å². The smallest absolute Gasteiger partial charge is 0.306 e. The Kier molecular flexibility index (Phi) is 15.3. The molecule has 3 unspecified atom stereocenters. The number of aliphatic carboxylic acids is 1. The minimum atomic E-state index is -1.01. The van der Waals surface area contributed by atoms with Crippen LogP contribution >= 0.6 is 79.4 Å². The summed E-state index contributed by atoms with van der Waals surface area (Å²) in [5.74, 6) is -1.63. The van der Waals surface area contributed by atoms with Gasteiger partial charge in [-0.2, -0.15) is 0 Å². The molecule has 0 fully saturated rings. The van der Waals surface area contributed by atoms with Gasteiger partial charge in [0.15, 0.2) is 11.2 Å². The van der Waals surface area contributed by atoms with Gasteiger partial charge in [0.1, 0.15) is 6.23 Å². The molecule has 0 aliphatic rings. The molecular weight excluding hydrogens is 848 g/mol. The second-order valence-electron chi connectivity index (χ2n) is 8.84. The summed E-state index contributed by atoms with van der Waals surface area (Å²) in [6, 6.07) is 11.5. The summed E-state index contributed by atoms with van der Waals surface area (Å²) in [5, 5.41) is 11.2. The molecule has 0 saturated heterocycles. The molecule has 0 spiro atoms. The number of ketones is 1. The third-order valence-electron chi connectivity index (χ3n) is 6.04. The summed E-state index contributed by atoms with van der Waals surface area (Å²) < 4.78 is 8.21. The molecule has 0 saturated carbocycles. The van der Waals surface area contributed by atoms with Crippen molar-refractivity contribution in [2.75, 3.05) is 6.54 Å². The van der Waals surface area contributed by atoms with E-state index in [9.17, 15) is 19.5 Å². The van der Waals surface area contributed by atoms with Crippen molar-refractivity contribution in [2.24, 2.45) is 11.7 Å². The molecule has 208 valence electrons. The Morgan fingerprint density at radius 2 is 1.76 bits per heavy atom. The van der Waals surface area contributed by atoms with Gasteiger partial charge < -0.3 is 20.9 Å². The lowest BCUT2D eigenvalue weighted by Crippen LogP contribution is -2.44. The van der Waals surface area contributed by atoms with Gasteiger partial charge in [-0.15, -0.1) is 11.6 Å². The average Bonchev–Trinajstić information content (AvgIpc) is 2.88. The van der Waals surface area contributed by atoms with Crippen LogP contribution in [0.4, 0.5) is 0 Å². The van der Waals surface area contributed by atoms with E-state index in [2.05, 4.69) is 73.1 Å². The largest absolute Gasteiger partial charge is 0.481 e. The Hall–Kier alpha value is -0.550. The van der Waals surface area contributed by atoms with Gasteiger partial charge in [-0.3, -0.25) is 14.4 Å². The van der Waals surface area contributed by atoms with Crippen LogP contribution in [0.2, 0.25) is 0 Å². The molecule has 11 heteroatoms. The quantitative estimate of drug-likeness (QED) is 0.0616. The number of hydrogen-bond acceptors (Lipinski definition) is 5. The maximum Gasteiger partial charge on any atom is 0.306 e. The van der Waals surface area contributed by atoms with Crippen LogP contribution in [-0.4, -0.2) is 40.9 Å². The Morgan fingerprint density at radius 1 is 1.08 bits per heavy atom. The van der Waals surface area contributed by atoms with Crippen LogP contribution in [0.15, 0.2) is 36.4 Å². The van der Waals surface area contributed by atoms with E-state index in [1.54, 1.807) is 0 Å². The number of benzene rings is 2. The zero-order chi connectivity index (χ0) is 28.2. The van der Waals surface area contributed by atoms with Gasteiger partial charge in [0, 0.05) is 29.2 Å². The first-order chi connectivity index (χ1) is 18.1. The Morgan fingerprint density at radius 3 is 2.39 bits per heavy atom. The maximum atomic E-state index is 13.1. The van der Waals surface area contributed by atoms with E-state index in [1.807, 2.05) is 43.3 Å². The SMILES string of the molecule is CCC(Cc1c(I)cc(I)c(C(=O)CCCCCNC(=O)C(Cl)C(N)OCc2ccccc2)c1I)C(=O)O. The van der Waals surface area contributed by atoms with Crippen molar-refractivity contribution >= 4 is 97.0 Å². The monoisotopic (exact) mass is 880 g/mol. The molecule has 2 aromatic carbocycles. The van der Waals surface area contributed by atoms with Crippen LogP contribution in [0.5, 0.6) is 0 Å². The number of carboxylic acids is 1. The van der Waals surface area contributed by atoms with Crippen molar-refractivity contribution in [2.45, 2.75) is 63.7 Å². The molecule has 0 aliphatic heterocycles. The lowest BCUT2D eigenvalue weighted by Gasteiger charge is -2.18. The van der Waals surface area contributed by atoms with E-state index in [1.165, 1.54) is 0 Å². The van der Waals surface area contributed by atoms with Crippen LogP contribution < -0.4 is 11.1 Å². The Labute approximate surface area is 269 Å². The highest BCUT2D eigenvalue weighted by molar-refractivity contribution is 14.1. The van der Waals surface area contributed by atoms with Gasteiger partial charge in [0.25, 0.3) is 0 Å². The van der Waals surface area contributed by atoms with Crippen molar-refractivity contribution in [3.05, 3.63) is 63.8 Å². The van der Waals surface area contributed by atoms with E-state index < -0.39 is 23.5 Å². The number of nitrogens with two attached hydrogens (primary N) is 1. The van der Waals surface area contributed by atoms with Crippen LogP contribution in [0.3, 0.4) is 0 Å². The van der Waals surface area contributed by atoms with Crippen molar-refractivity contribution in [1.82, 2.24) is 5.32 Å². The molecule has 2 rings (SSSR count). The fraction of sp³-hybridized carbons (Fsp3) is 0.444. The number of carbonyl (C=O) groups excluding carboxylic acids is 2. The van der Waals surface area contributed by atoms with E-state index >= 15 is 0 Å². The van der Waals surface area contributed by atoms with Crippen LogP contribution in [0, 0.1) is 16.6 Å². The first kappa shape index (κ1) is 33.7. The molecule has 2 aromatic rings. The zero-order valence-electron chi connectivity index (χ0n) is 21.0. The number of Topliss-reactive ketones (excluding diaryl/α,β-unsaturated/α-hetero) is 1. The summed E-state index contributed by atoms with van der Waals surface area (Å²) in [7, 11) is 0. The fourth-order valence-corrected chi connectivity index (χ4v) is 8.31. The molecule has 3 atom stereocenters. The number of carbonyl (C=O) groups is 3. The van der Waals surface area contributed by atoms with E-state index in [0.717, 1.165) is 28.3 Å². The number of hydrogen-bond donors (Lipinski definition) is 3. The predicted octanol–water partition coefficient (Wildman–Crippen LogP) is 6.12. The standard InChI is InChI=1S/C27H32ClI3N2O5/c1-2-17(27(36)37)13-18-19(29)14-20(30)22(24(18)31)21(34)11-7-4-8-12-33-26(35)23(28)25(32)38-15-16-9-5-3-6-10-16/h3,5-6,9-10,14,17,23,25H,2,4,7-8,11-13,15,32H2,1H3,(H,33,35)(H,36,37). The number of nitrogens with one attached hydrogen (secondary N) is 1. The summed E-state index contributed by atoms with van der Waals surface area (Å²) in [5.41, 5.74) is 8.45. The number of alkyl halides is 1. The molecule has 0 radical (unpaired) electrons. The van der Waals surface area contributed by atoms with Crippen molar-refractivity contribution in [3.8, 4) is 0 Å². The summed E-state index contributed by atoms with van der Waals surface area (Å²) in [6.07, 6.45) is 2.53. The van der Waals surface area contributed by atoms with Crippen molar-refractivity contribution < 1.29 is 24.2 Å². The number of unbranched alkanes of at least 4 members (excludes halogenated alkanes) is 2. The highest BCUT2D eigenvalue weighted by Gasteiger charge is 2.25. The van der Waals surface area contributed by atoms with Crippen LogP contribution in [-0.2, 0) is 27.4 Å². The predicted molar refractivity (Wildman–Crippen MR) is 174 cm³/mol. The van der Waals surface area contributed by atoms with Gasteiger partial charge in [-0.25, -0.2) is 0 Å². The minimum absolute atomic E-state index is 0.0474. The lowest BCUT2D eigenvalue weighted by atomic mass is 9.94. The molecule has 38 heavy (non-hydrogen) atoms. The highest BCUT2D eigenvalue weighted by Crippen LogP contribution is 2.31.